The summed E-state index contributed by atoms with van der Waals surface area (Å²) in [6.45, 7) is 0. The molecular weight excluding hydrogens is 351 g/mol. The summed E-state index contributed by atoms with van der Waals surface area (Å²) >= 11 is 7.03. The van der Waals surface area contributed by atoms with Crippen molar-refractivity contribution in [3.63, 3.8) is 0 Å². The van der Waals surface area contributed by atoms with Gasteiger partial charge in [0.05, 0.1) is 22.6 Å². The first kappa shape index (κ1) is 16.2. The monoisotopic (exact) mass is 360 g/mol. The maximum Gasteiger partial charge on any atom is 0.250 e. The van der Waals surface area contributed by atoms with Gasteiger partial charge in [-0.25, -0.2) is 9.37 Å². The van der Waals surface area contributed by atoms with Gasteiger partial charge >= 0.3 is 0 Å². The average Bonchev–Trinajstić information content (AvgIpc) is 3.05. The zero-order chi connectivity index (χ0) is 16.9. The predicted octanol–water partition coefficient (Wildman–Crippen LogP) is 4.04. The van der Waals surface area contributed by atoms with Crippen molar-refractivity contribution in [1.82, 2.24) is 15.0 Å². The minimum Gasteiger partial charge on any atom is -0.298 e. The molecule has 0 saturated heterocycles. The molecule has 0 fully saturated rings. The van der Waals surface area contributed by atoms with E-state index in [0.29, 0.717) is 22.1 Å². The highest BCUT2D eigenvalue weighted by Gasteiger charge is 2.08. The summed E-state index contributed by atoms with van der Waals surface area (Å²) in [6, 6.07) is 4.35. The Labute approximate surface area is 145 Å². The van der Waals surface area contributed by atoms with Crippen LogP contribution in [-0.4, -0.2) is 20.9 Å². The van der Waals surface area contributed by atoms with Gasteiger partial charge in [-0.1, -0.05) is 11.6 Å². The molecule has 0 radical (unpaired) electrons. The van der Waals surface area contributed by atoms with Crippen molar-refractivity contribution in [2.24, 2.45) is 0 Å². The van der Waals surface area contributed by atoms with Crippen molar-refractivity contribution < 1.29 is 9.18 Å². The second kappa shape index (κ2) is 7.29. The molecule has 5 nitrogen and oxygen atoms in total. The third-order valence-corrected chi connectivity index (χ3v) is 3.99. The Bertz CT molecular complexity index is 898. The minimum atomic E-state index is -0.488. The summed E-state index contributed by atoms with van der Waals surface area (Å²) in [4.78, 5) is 24.1. The number of aromatic nitrogens is 3. The van der Waals surface area contributed by atoms with Crippen molar-refractivity contribution >= 4 is 40.1 Å². The van der Waals surface area contributed by atoms with Gasteiger partial charge in [0.25, 0.3) is 0 Å². The van der Waals surface area contributed by atoms with Gasteiger partial charge in [-0.2, -0.15) is 0 Å². The van der Waals surface area contributed by atoms with E-state index in [9.17, 15) is 9.18 Å². The Morgan fingerprint density at radius 2 is 2.21 bits per heavy atom. The maximum atomic E-state index is 13.2. The van der Waals surface area contributed by atoms with Crippen molar-refractivity contribution in [1.29, 1.82) is 0 Å². The summed E-state index contributed by atoms with van der Waals surface area (Å²) in [5, 5.41) is 4.87. The topological polar surface area (TPSA) is 67.8 Å². The molecule has 0 spiro atoms. The van der Waals surface area contributed by atoms with E-state index in [4.69, 9.17) is 11.6 Å². The zero-order valence-corrected chi connectivity index (χ0v) is 13.7. The molecule has 8 heteroatoms. The van der Waals surface area contributed by atoms with E-state index in [1.165, 1.54) is 29.5 Å². The van der Waals surface area contributed by atoms with Crippen molar-refractivity contribution in [2.45, 2.75) is 0 Å². The van der Waals surface area contributed by atoms with Crippen LogP contribution in [0.5, 0.6) is 0 Å². The molecule has 2 aromatic heterocycles. The molecule has 3 aromatic rings. The number of rotatable bonds is 4. The Balaban J connectivity index is 1.68. The highest BCUT2D eigenvalue weighted by molar-refractivity contribution is 7.14. The van der Waals surface area contributed by atoms with Gasteiger partial charge in [0, 0.05) is 29.4 Å². The number of halogens is 2. The molecule has 0 aliphatic carbocycles. The summed E-state index contributed by atoms with van der Waals surface area (Å²) in [7, 11) is 0. The van der Waals surface area contributed by atoms with Crippen LogP contribution in [0.15, 0.2) is 48.2 Å². The van der Waals surface area contributed by atoms with E-state index >= 15 is 0 Å². The van der Waals surface area contributed by atoms with Crippen LogP contribution in [0, 0.1) is 5.82 Å². The number of nitrogens with zero attached hydrogens (tertiary/aromatic N) is 3. The van der Waals surface area contributed by atoms with Gasteiger partial charge in [0.1, 0.15) is 5.82 Å². The van der Waals surface area contributed by atoms with Crippen LogP contribution in [0.3, 0.4) is 0 Å². The van der Waals surface area contributed by atoms with Gasteiger partial charge in [-0.05, 0) is 24.3 Å². The number of hydrogen-bond donors (Lipinski definition) is 1. The van der Waals surface area contributed by atoms with Crippen LogP contribution >= 0.6 is 22.9 Å². The van der Waals surface area contributed by atoms with Gasteiger partial charge in [-0.15, -0.1) is 11.3 Å². The predicted molar refractivity (Wildman–Crippen MR) is 92.2 cm³/mol. The average molecular weight is 361 g/mol. The van der Waals surface area contributed by atoms with E-state index in [-0.39, 0.29) is 10.9 Å². The lowest BCUT2D eigenvalue weighted by Gasteiger charge is -1.99. The SMILES string of the molecule is O=C(C=Cc1cnccn1)Nc1nc(-c2ccc(F)c(Cl)c2)cs1. The van der Waals surface area contributed by atoms with Crippen molar-refractivity contribution in [2.75, 3.05) is 5.32 Å². The molecule has 120 valence electrons. The molecule has 0 unspecified atom stereocenters. The van der Waals surface area contributed by atoms with E-state index in [2.05, 4.69) is 20.3 Å². The van der Waals surface area contributed by atoms with Crippen LogP contribution in [0.2, 0.25) is 5.02 Å². The molecule has 3 rings (SSSR count). The molecule has 0 aliphatic rings. The van der Waals surface area contributed by atoms with E-state index in [1.54, 1.807) is 36.1 Å². The Kier molecular flexibility index (Phi) is 4.93. The minimum absolute atomic E-state index is 0.0259. The lowest BCUT2D eigenvalue weighted by atomic mass is 10.2. The number of carbonyl (C=O) groups excluding carboxylic acids is 1. The fourth-order valence-corrected chi connectivity index (χ4v) is 2.73. The van der Waals surface area contributed by atoms with Crippen molar-refractivity contribution in [3.05, 3.63) is 64.8 Å². The fourth-order valence-electron chi connectivity index (χ4n) is 1.82. The third kappa shape index (κ3) is 4.01. The number of thiazole rings is 1. The molecule has 0 bridgehead atoms. The maximum absolute atomic E-state index is 13.2. The molecular formula is C16H10ClFN4OS. The highest BCUT2D eigenvalue weighted by Crippen LogP contribution is 2.28. The van der Waals surface area contributed by atoms with Crippen LogP contribution < -0.4 is 5.32 Å². The second-order valence-corrected chi connectivity index (χ2v) is 5.88. The van der Waals surface area contributed by atoms with Crippen LogP contribution in [-0.2, 0) is 4.79 Å². The Morgan fingerprint density at radius 3 is 2.96 bits per heavy atom. The molecule has 24 heavy (non-hydrogen) atoms. The number of amides is 1. The van der Waals surface area contributed by atoms with Crippen LogP contribution in [0.25, 0.3) is 17.3 Å². The number of carbonyl (C=O) groups is 1. The first-order valence-corrected chi connectivity index (χ1v) is 8.03. The molecule has 1 N–H and O–H groups in total. The number of nitrogens with one attached hydrogen (secondary N) is 1. The van der Waals surface area contributed by atoms with Crippen LogP contribution in [0.4, 0.5) is 9.52 Å². The molecule has 1 aromatic carbocycles. The largest absolute Gasteiger partial charge is 0.298 e. The van der Waals surface area contributed by atoms with Gasteiger partial charge in [0.15, 0.2) is 5.13 Å². The molecule has 0 aliphatic heterocycles. The van der Waals surface area contributed by atoms with Gasteiger partial charge < -0.3 is 0 Å². The Morgan fingerprint density at radius 1 is 1.33 bits per heavy atom. The third-order valence-electron chi connectivity index (χ3n) is 2.94. The summed E-state index contributed by atoms with van der Waals surface area (Å²) in [5.41, 5.74) is 1.86. The van der Waals surface area contributed by atoms with E-state index in [0.717, 1.165) is 0 Å². The summed E-state index contributed by atoms with van der Waals surface area (Å²) in [5.74, 6) is -0.822. The van der Waals surface area contributed by atoms with Gasteiger partial charge in [0.2, 0.25) is 5.91 Å². The number of anilines is 1. The fraction of sp³-hybridized carbons (Fsp3) is 0. The normalized spacial score (nSPS) is 10.9. The molecule has 0 saturated carbocycles. The first-order chi connectivity index (χ1) is 11.6. The number of benzene rings is 1. The van der Waals surface area contributed by atoms with Gasteiger partial charge in [-0.3, -0.25) is 20.1 Å². The van der Waals surface area contributed by atoms with Crippen LogP contribution in [0.1, 0.15) is 5.69 Å². The molecule has 0 atom stereocenters. The Hall–Kier alpha value is -2.64. The zero-order valence-electron chi connectivity index (χ0n) is 12.1. The summed E-state index contributed by atoms with van der Waals surface area (Å²) < 4.78 is 13.2. The quantitative estimate of drug-likeness (QED) is 0.713. The lowest BCUT2D eigenvalue weighted by Crippen LogP contribution is -2.07. The van der Waals surface area contributed by atoms with E-state index < -0.39 is 5.82 Å². The van der Waals surface area contributed by atoms with E-state index in [1.807, 2.05) is 0 Å². The number of hydrogen-bond acceptors (Lipinski definition) is 5. The second-order valence-electron chi connectivity index (χ2n) is 4.62. The lowest BCUT2D eigenvalue weighted by molar-refractivity contribution is -0.111. The highest BCUT2D eigenvalue weighted by atomic mass is 35.5. The first-order valence-electron chi connectivity index (χ1n) is 6.78. The van der Waals surface area contributed by atoms with Crippen molar-refractivity contribution in [3.8, 4) is 11.3 Å². The summed E-state index contributed by atoms with van der Waals surface area (Å²) in [6.07, 6.45) is 7.54. The standard InChI is InChI=1S/C16H10ClFN4OS/c17-12-7-10(1-3-13(12)18)14-9-24-16(21-14)22-15(23)4-2-11-8-19-5-6-20-11/h1-9H,(H,21,22,23). The molecule has 1 amide bonds. The molecule has 2 heterocycles. The smallest absolute Gasteiger partial charge is 0.250 e.